The lowest BCUT2D eigenvalue weighted by molar-refractivity contribution is -0.243. The summed E-state index contributed by atoms with van der Waals surface area (Å²) in [6, 6.07) is 0. The standard InChI is InChI=1S/C40H59N3O5/c1-25-20-26(2)47-34-33(25)37(5)15-16-40-23-39(40)14-12-31(36(3,4)29(39)10-11-30(40)38(37,6)35(34)45)48-32-22-43(18-19-46-32)17-13-28(44)9-7-8-27-21-41-24-42-27/h7,21,24-25,29,31-33,35,45H,8-20,22-23H2,1-6H3,(H,41,42)/t25-,29+,31?,32+,33+,35+,37-,38-,39-,40+/m1/s1. The minimum Gasteiger partial charge on any atom is -0.389 e. The smallest absolute Gasteiger partial charge is 0.170 e. The molecule has 2 aliphatic heterocycles. The van der Waals surface area contributed by atoms with Crippen molar-refractivity contribution in [3.05, 3.63) is 42.8 Å². The third-order valence-corrected chi connectivity index (χ3v) is 15.6. The highest BCUT2D eigenvalue weighted by molar-refractivity contribution is 5.79. The van der Waals surface area contributed by atoms with Gasteiger partial charge in [0.1, 0.15) is 11.9 Å². The van der Waals surface area contributed by atoms with E-state index in [1.165, 1.54) is 32.1 Å². The number of imidazole rings is 1. The maximum absolute atomic E-state index is 12.6. The molecule has 7 fully saturated rings. The van der Waals surface area contributed by atoms with Crippen LogP contribution >= 0.6 is 0 Å². The van der Waals surface area contributed by atoms with Crippen LogP contribution in [0, 0.1) is 69.4 Å². The highest BCUT2D eigenvalue weighted by atomic mass is 16.7. The quantitative estimate of drug-likeness (QED) is 0.305. The summed E-state index contributed by atoms with van der Waals surface area (Å²) < 4.78 is 19.6. The lowest BCUT2D eigenvalue weighted by atomic mass is 9.41. The first-order valence-corrected chi connectivity index (χ1v) is 19.1. The Hall–Kier alpha value is -1.32. The molecule has 5 aliphatic carbocycles. The van der Waals surface area contributed by atoms with Crippen molar-refractivity contribution in [2.45, 2.75) is 131 Å². The zero-order chi connectivity index (χ0) is 33.7. The molecule has 10 atom stereocenters. The van der Waals surface area contributed by atoms with E-state index in [9.17, 15) is 9.90 Å². The van der Waals surface area contributed by atoms with Gasteiger partial charge in [0.25, 0.3) is 0 Å². The van der Waals surface area contributed by atoms with Crippen LogP contribution in [0.25, 0.3) is 0 Å². The molecule has 2 saturated heterocycles. The molecule has 1 aromatic heterocycles. The van der Waals surface area contributed by atoms with E-state index >= 15 is 0 Å². The number of aromatic nitrogens is 2. The lowest BCUT2D eigenvalue weighted by Crippen LogP contribution is -2.59. The Balaban J connectivity index is 0.905. The van der Waals surface area contributed by atoms with Gasteiger partial charge < -0.3 is 24.3 Å². The third-order valence-electron chi connectivity index (χ3n) is 15.6. The average Bonchev–Trinajstić information content (AvgIpc) is 3.31. The molecule has 1 unspecified atom stereocenters. The summed E-state index contributed by atoms with van der Waals surface area (Å²) in [5, 5.41) is 12.2. The molecule has 8 nitrogen and oxygen atoms in total. The Bertz CT molecular complexity index is 1350. The molecule has 48 heavy (non-hydrogen) atoms. The summed E-state index contributed by atoms with van der Waals surface area (Å²) in [5.74, 6) is 3.42. The molecular formula is C40H59N3O5. The zero-order valence-corrected chi connectivity index (χ0v) is 30.3. The van der Waals surface area contributed by atoms with Gasteiger partial charge in [-0.3, -0.25) is 9.69 Å². The van der Waals surface area contributed by atoms with E-state index in [1.54, 1.807) is 18.4 Å². The SMILES string of the molecule is C[C]1C[C@@H](C)[C@H]2[C](O1)[C@H](O)[C@@]1(C)[C]3CC[C@H]4C(C)(C)C(O[C@H]5CN(CCC(=O)C[CH]Cc6cnc[nH]6)CCO5)CC[C@@]45C[C@@]35CC[C@]21C. The summed E-state index contributed by atoms with van der Waals surface area (Å²) in [6.07, 6.45) is 18.0. The van der Waals surface area contributed by atoms with Gasteiger partial charge in [-0.2, -0.15) is 0 Å². The van der Waals surface area contributed by atoms with Crippen LogP contribution in [-0.4, -0.2) is 70.5 Å². The molecule has 0 aromatic carbocycles. The number of Topliss-reactive ketones (excluding diaryl/α,β-unsaturated/α-hetero) is 1. The van der Waals surface area contributed by atoms with Gasteiger partial charge in [0.15, 0.2) is 6.29 Å². The maximum Gasteiger partial charge on any atom is 0.170 e. The molecule has 8 rings (SSSR count). The minimum atomic E-state index is -0.513. The number of nitrogens with one attached hydrogen (secondary N) is 1. The lowest BCUT2D eigenvalue weighted by Gasteiger charge is -2.63. The maximum atomic E-state index is 12.6. The number of hydrogen-bond acceptors (Lipinski definition) is 7. The Morgan fingerprint density at radius 2 is 2.04 bits per heavy atom. The number of morpholine rings is 1. The number of ketones is 1. The van der Waals surface area contributed by atoms with E-state index in [0.717, 1.165) is 63.2 Å². The number of nitrogens with zero attached hydrogens (tertiary/aromatic N) is 2. The summed E-state index contributed by atoms with van der Waals surface area (Å²) in [4.78, 5) is 22.1. The van der Waals surface area contributed by atoms with Crippen LogP contribution in [0.1, 0.15) is 111 Å². The molecule has 8 heteroatoms. The molecule has 0 bridgehead atoms. The number of aromatic amines is 1. The summed E-state index contributed by atoms with van der Waals surface area (Å²) in [7, 11) is 0. The van der Waals surface area contributed by atoms with Crippen LogP contribution in [0.15, 0.2) is 12.5 Å². The second kappa shape index (κ2) is 11.9. The van der Waals surface area contributed by atoms with Crippen molar-refractivity contribution < 1.29 is 24.1 Å². The number of ether oxygens (including phenoxy) is 3. The Kier molecular flexibility index (Phi) is 8.35. The fraction of sp³-hybridized carbons (Fsp3) is 0.800. The zero-order valence-electron chi connectivity index (χ0n) is 30.3. The Morgan fingerprint density at radius 1 is 1.21 bits per heavy atom. The Labute approximate surface area is 288 Å². The third kappa shape index (κ3) is 4.84. The first-order chi connectivity index (χ1) is 22.9. The van der Waals surface area contributed by atoms with Crippen molar-refractivity contribution in [2.24, 2.45) is 44.8 Å². The van der Waals surface area contributed by atoms with Crippen LogP contribution in [0.3, 0.4) is 0 Å². The minimum absolute atomic E-state index is 0.0434. The second-order valence-electron chi connectivity index (χ2n) is 18.0. The largest absolute Gasteiger partial charge is 0.389 e. The monoisotopic (exact) mass is 661 g/mol. The normalized spacial score (nSPS) is 45.9. The number of fused-ring (bicyclic) bond motifs is 4. The van der Waals surface area contributed by atoms with E-state index in [4.69, 9.17) is 14.2 Å². The van der Waals surface area contributed by atoms with Crippen molar-refractivity contribution in [3.63, 3.8) is 0 Å². The highest BCUT2D eigenvalue weighted by Crippen LogP contribution is 2.90. The topological polar surface area (TPSA) is 96.9 Å². The van der Waals surface area contributed by atoms with Crippen molar-refractivity contribution in [1.29, 1.82) is 0 Å². The first-order valence-electron chi connectivity index (χ1n) is 19.1. The number of carbonyl (C=O) groups is 1. The molecule has 1 aromatic rings. The number of H-pyrrole nitrogens is 1. The predicted molar refractivity (Wildman–Crippen MR) is 182 cm³/mol. The summed E-state index contributed by atoms with van der Waals surface area (Å²) >= 11 is 0. The fourth-order valence-corrected chi connectivity index (χ4v) is 13.2. The molecule has 4 radical (unpaired) electrons. The van der Waals surface area contributed by atoms with Crippen molar-refractivity contribution in [2.75, 3.05) is 26.2 Å². The summed E-state index contributed by atoms with van der Waals surface area (Å²) in [5.41, 5.74) is 1.48. The van der Waals surface area contributed by atoms with Crippen molar-refractivity contribution >= 4 is 5.78 Å². The first kappa shape index (κ1) is 33.8. The molecule has 0 amide bonds. The van der Waals surface area contributed by atoms with Crippen LogP contribution < -0.4 is 0 Å². The van der Waals surface area contributed by atoms with Gasteiger partial charge in [-0.15, -0.1) is 0 Å². The summed E-state index contributed by atoms with van der Waals surface area (Å²) in [6.45, 7) is 17.3. The molecule has 5 saturated carbocycles. The van der Waals surface area contributed by atoms with Gasteiger partial charge in [0.2, 0.25) is 0 Å². The number of rotatable bonds is 9. The van der Waals surface area contributed by atoms with E-state index < -0.39 is 6.10 Å². The number of carbonyl (C=O) groups excluding carboxylic acids is 1. The van der Waals surface area contributed by atoms with Gasteiger partial charge in [-0.1, -0.05) is 34.6 Å². The molecule has 3 heterocycles. The van der Waals surface area contributed by atoms with Crippen LogP contribution in [0.4, 0.5) is 0 Å². The van der Waals surface area contributed by atoms with Crippen LogP contribution in [-0.2, 0) is 25.4 Å². The van der Waals surface area contributed by atoms with E-state index in [2.05, 4.69) is 56.4 Å². The van der Waals surface area contributed by atoms with E-state index in [-0.39, 0.29) is 39.8 Å². The highest BCUT2D eigenvalue weighted by Gasteiger charge is 2.85. The predicted octanol–water partition coefficient (Wildman–Crippen LogP) is 6.67. The van der Waals surface area contributed by atoms with Crippen molar-refractivity contribution in [1.82, 2.24) is 14.9 Å². The molecule has 264 valence electrons. The van der Waals surface area contributed by atoms with E-state index in [0.29, 0.717) is 42.6 Å². The van der Waals surface area contributed by atoms with Crippen LogP contribution in [0.5, 0.6) is 0 Å². The molecule has 7 aliphatic rings. The molecule has 2 spiro atoms. The van der Waals surface area contributed by atoms with Gasteiger partial charge in [-0.05, 0) is 111 Å². The van der Waals surface area contributed by atoms with Gasteiger partial charge in [0.05, 0.1) is 31.2 Å². The average molecular weight is 662 g/mol. The molecule has 2 N–H and O–H groups in total. The van der Waals surface area contributed by atoms with Gasteiger partial charge in [-0.25, -0.2) is 4.98 Å². The number of aliphatic hydroxyl groups is 1. The number of hydrogen-bond donors (Lipinski definition) is 2. The Morgan fingerprint density at radius 3 is 2.83 bits per heavy atom. The van der Waals surface area contributed by atoms with Crippen LogP contribution in [0.2, 0.25) is 0 Å². The number of aliphatic hydroxyl groups excluding tert-OH is 1. The van der Waals surface area contributed by atoms with E-state index in [1.807, 2.05) is 6.42 Å². The van der Waals surface area contributed by atoms with Gasteiger partial charge >= 0.3 is 0 Å². The van der Waals surface area contributed by atoms with Gasteiger partial charge in [0, 0.05) is 55.7 Å². The fourth-order valence-electron chi connectivity index (χ4n) is 13.2. The second-order valence-corrected chi connectivity index (χ2v) is 18.0. The van der Waals surface area contributed by atoms with Crippen molar-refractivity contribution in [3.8, 4) is 0 Å². The molecular weight excluding hydrogens is 602 g/mol.